The van der Waals surface area contributed by atoms with E-state index in [-0.39, 0.29) is 10.9 Å². The molecule has 0 aliphatic heterocycles. The molecule has 0 unspecified atom stereocenters. The third kappa shape index (κ3) is 0.796. The van der Waals surface area contributed by atoms with Crippen LogP contribution in [0.2, 0.25) is 5.22 Å². The zero-order valence-electron chi connectivity index (χ0n) is 3.76. The fraction of sp³-hybridized carbons (Fsp3) is 0. The molecule has 0 spiro atoms. The molecule has 0 saturated heterocycles. The van der Waals surface area contributed by atoms with Crippen molar-refractivity contribution in [3.8, 4) is 6.07 Å². The van der Waals surface area contributed by atoms with Crippen LogP contribution in [0.15, 0.2) is 10.6 Å². The van der Waals surface area contributed by atoms with Crippen LogP contribution in [0.4, 0.5) is 0 Å². The molecule has 4 heteroatoms. The minimum atomic E-state index is 0.140. The highest BCUT2D eigenvalue weighted by atomic mass is 35.5. The lowest BCUT2D eigenvalue weighted by molar-refractivity contribution is 0.419. The van der Waals surface area contributed by atoms with Gasteiger partial charge in [-0.05, 0) is 11.6 Å². The smallest absolute Gasteiger partial charge is 0.227 e. The SMILES string of the molecule is N#Cc1cc(Cl)on1. The van der Waals surface area contributed by atoms with E-state index >= 15 is 0 Å². The first kappa shape index (κ1) is 5.13. The number of hydrogen-bond acceptors (Lipinski definition) is 3. The number of hydrogen-bond donors (Lipinski definition) is 0. The van der Waals surface area contributed by atoms with Crippen molar-refractivity contribution in [3.63, 3.8) is 0 Å². The molecule has 0 radical (unpaired) electrons. The van der Waals surface area contributed by atoms with Crippen molar-refractivity contribution in [3.05, 3.63) is 17.0 Å². The van der Waals surface area contributed by atoms with E-state index in [9.17, 15) is 0 Å². The summed E-state index contributed by atoms with van der Waals surface area (Å²) in [5, 5.41) is 11.5. The van der Waals surface area contributed by atoms with E-state index in [1.165, 1.54) is 6.07 Å². The summed E-state index contributed by atoms with van der Waals surface area (Å²) in [7, 11) is 0. The quantitative estimate of drug-likeness (QED) is 0.528. The second-order valence-electron chi connectivity index (χ2n) is 1.13. The van der Waals surface area contributed by atoms with E-state index in [2.05, 4.69) is 9.68 Å². The summed E-state index contributed by atoms with van der Waals surface area (Å²) < 4.78 is 4.35. The summed E-state index contributed by atoms with van der Waals surface area (Å²) in [6.07, 6.45) is 0. The van der Waals surface area contributed by atoms with Gasteiger partial charge in [-0.2, -0.15) is 5.26 Å². The molecule has 0 N–H and O–H groups in total. The monoisotopic (exact) mass is 128 g/mol. The van der Waals surface area contributed by atoms with E-state index in [1.807, 2.05) is 0 Å². The average molecular weight is 129 g/mol. The topological polar surface area (TPSA) is 49.8 Å². The Hall–Kier alpha value is -1.01. The third-order valence-electron chi connectivity index (χ3n) is 0.596. The van der Waals surface area contributed by atoms with Crippen molar-refractivity contribution in [1.82, 2.24) is 5.16 Å². The Bertz CT molecular complexity index is 224. The molecule has 8 heavy (non-hydrogen) atoms. The van der Waals surface area contributed by atoms with Gasteiger partial charge in [0.25, 0.3) is 0 Å². The number of halogens is 1. The van der Waals surface area contributed by atoms with Crippen LogP contribution < -0.4 is 0 Å². The van der Waals surface area contributed by atoms with Gasteiger partial charge < -0.3 is 4.52 Å². The molecule has 1 heterocycles. The Balaban J connectivity index is 3.05. The van der Waals surface area contributed by atoms with Gasteiger partial charge in [-0.3, -0.25) is 0 Å². The lowest BCUT2D eigenvalue weighted by atomic mass is 10.5. The van der Waals surface area contributed by atoms with Gasteiger partial charge in [-0.15, -0.1) is 0 Å². The van der Waals surface area contributed by atoms with Gasteiger partial charge in [0, 0.05) is 6.07 Å². The minimum absolute atomic E-state index is 0.140. The Morgan fingerprint density at radius 1 is 1.88 bits per heavy atom. The second-order valence-corrected chi connectivity index (χ2v) is 1.50. The van der Waals surface area contributed by atoms with Gasteiger partial charge in [-0.1, -0.05) is 5.16 Å². The van der Waals surface area contributed by atoms with Gasteiger partial charge in [0.1, 0.15) is 6.07 Å². The van der Waals surface area contributed by atoms with Gasteiger partial charge in [0.05, 0.1) is 0 Å². The van der Waals surface area contributed by atoms with Crippen LogP contribution in [-0.2, 0) is 0 Å². The number of nitrogens with zero attached hydrogens (tertiary/aromatic N) is 2. The van der Waals surface area contributed by atoms with Crippen molar-refractivity contribution >= 4 is 11.6 Å². The molecular weight excluding hydrogens is 128 g/mol. The molecule has 0 saturated carbocycles. The molecule has 0 bridgehead atoms. The van der Waals surface area contributed by atoms with Crippen LogP contribution in [-0.4, -0.2) is 5.16 Å². The van der Waals surface area contributed by atoms with E-state index in [0.29, 0.717) is 0 Å². The van der Waals surface area contributed by atoms with E-state index in [1.54, 1.807) is 6.07 Å². The molecule has 1 aromatic heterocycles. The molecule has 40 valence electrons. The molecular formula is C4HClN2O. The van der Waals surface area contributed by atoms with Gasteiger partial charge in [-0.25, -0.2) is 0 Å². The summed E-state index contributed by atoms with van der Waals surface area (Å²) in [6, 6.07) is 3.11. The summed E-state index contributed by atoms with van der Waals surface area (Å²) >= 11 is 5.26. The van der Waals surface area contributed by atoms with Crippen molar-refractivity contribution in [2.75, 3.05) is 0 Å². The summed E-state index contributed by atoms with van der Waals surface area (Å²) in [5.74, 6) is 0. The van der Waals surface area contributed by atoms with Crippen molar-refractivity contribution < 1.29 is 4.52 Å². The molecule has 0 aromatic carbocycles. The summed E-state index contributed by atoms with van der Waals surface area (Å²) in [4.78, 5) is 0. The lowest BCUT2D eigenvalue weighted by Crippen LogP contribution is -1.64. The van der Waals surface area contributed by atoms with Crippen LogP contribution in [0.25, 0.3) is 0 Å². The van der Waals surface area contributed by atoms with E-state index in [4.69, 9.17) is 16.9 Å². The average Bonchev–Trinajstić information content (AvgIpc) is 2.14. The normalized spacial score (nSPS) is 8.50. The predicted molar refractivity (Wildman–Crippen MR) is 26.2 cm³/mol. The standard InChI is InChI=1S/C4HClN2O/c5-4-1-3(2-6)7-8-4/h1H. The Labute approximate surface area is 50.5 Å². The minimum Gasteiger partial charge on any atom is -0.343 e. The van der Waals surface area contributed by atoms with Crippen LogP contribution in [0.3, 0.4) is 0 Å². The third-order valence-corrected chi connectivity index (χ3v) is 0.774. The van der Waals surface area contributed by atoms with Crippen LogP contribution in [0.5, 0.6) is 0 Å². The molecule has 0 atom stereocenters. The van der Waals surface area contributed by atoms with Gasteiger partial charge >= 0.3 is 0 Å². The lowest BCUT2D eigenvalue weighted by Gasteiger charge is -1.61. The molecule has 1 rings (SSSR count). The molecule has 0 fully saturated rings. The zero-order chi connectivity index (χ0) is 5.98. The Morgan fingerprint density at radius 2 is 2.62 bits per heavy atom. The first-order valence-electron chi connectivity index (χ1n) is 1.85. The number of rotatable bonds is 0. The fourth-order valence-electron chi connectivity index (χ4n) is 0.306. The van der Waals surface area contributed by atoms with Crippen molar-refractivity contribution in [2.45, 2.75) is 0 Å². The Morgan fingerprint density at radius 3 is 2.88 bits per heavy atom. The maximum atomic E-state index is 8.12. The van der Waals surface area contributed by atoms with Gasteiger partial charge in [0.15, 0.2) is 5.69 Å². The fourth-order valence-corrected chi connectivity index (χ4v) is 0.444. The van der Waals surface area contributed by atoms with Gasteiger partial charge in [0.2, 0.25) is 5.22 Å². The number of aromatic nitrogens is 1. The van der Waals surface area contributed by atoms with Crippen LogP contribution in [0, 0.1) is 11.3 Å². The zero-order valence-corrected chi connectivity index (χ0v) is 4.51. The molecule has 0 aliphatic carbocycles. The molecule has 3 nitrogen and oxygen atoms in total. The Kier molecular flexibility index (Phi) is 1.18. The first-order chi connectivity index (χ1) is 3.83. The highest BCUT2D eigenvalue weighted by molar-refractivity contribution is 6.28. The summed E-state index contributed by atoms with van der Waals surface area (Å²) in [5.41, 5.74) is 0.204. The molecule has 0 amide bonds. The predicted octanol–water partition coefficient (Wildman–Crippen LogP) is 1.20. The first-order valence-corrected chi connectivity index (χ1v) is 2.23. The largest absolute Gasteiger partial charge is 0.343 e. The van der Waals surface area contributed by atoms with Crippen molar-refractivity contribution in [2.24, 2.45) is 0 Å². The maximum Gasteiger partial charge on any atom is 0.227 e. The molecule has 0 aliphatic rings. The van der Waals surface area contributed by atoms with Crippen LogP contribution in [0.1, 0.15) is 5.69 Å². The second kappa shape index (κ2) is 1.85. The highest BCUT2D eigenvalue weighted by Crippen LogP contribution is 2.07. The highest BCUT2D eigenvalue weighted by Gasteiger charge is 1.96. The number of nitriles is 1. The molecule has 1 aromatic rings. The van der Waals surface area contributed by atoms with E-state index < -0.39 is 0 Å². The van der Waals surface area contributed by atoms with Crippen molar-refractivity contribution in [1.29, 1.82) is 5.26 Å². The van der Waals surface area contributed by atoms with E-state index in [0.717, 1.165) is 0 Å². The maximum absolute atomic E-state index is 8.12. The van der Waals surface area contributed by atoms with Crippen LogP contribution >= 0.6 is 11.6 Å². The summed E-state index contributed by atoms with van der Waals surface area (Å²) in [6.45, 7) is 0.